The Morgan fingerprint density at radius 1 is 1.07 bits per heavy atom. The van der Waals surface area contributed by atoms with E-state index in [1.165, 1.54) is 0 Å². The molecule has 0 radical (unpaired) electrons. The van der Waals surface area contributed by atoms with Crippen LogP contribution in [0.5, 0.6) is 0 Å². The van der Waals surface area contributed by atoms with Gasteiger partial charge in [0.1, 0.15) is 0 Å². The van der Waals surface area contributed by atoms with Crippen molar-refractivity contribution in [2.45, 2.75) is 27.0 Å². The minimum absolute atomic E-state index is 0. The van der Waals surface area contributed by atoms with Gasteiger partial charge >= 0.3 is 6.09 Å². The van der Waals surface area contributed by atoms with E-state index in [4.69, 9.17) is 14.5 Å². The number of hydrogen-bond donors (Lipinski definition) is 1. The quantitative estimate of drug-likeness (QED) is 0.378. The highest BCUT2D eigenvalue weighted by Gasteiger charge is 2.23. The molecule has 1 aliphatic rings. The van der Waals surface area contributed by atoms with Gasteiger partial charge in [-0.15, -0.1) is 24.0 Å². The minimum atomic E-state index is -0.231. The average Bonchev–Trinajstić information content (AvgIpc) is 2.67. The van der Waals surface area contributed by atoms with Crippen molar-refractivity contribution in [2.75, 3.05) is 46.4 Å². The second kappa shape index (κ2) is 12.8. The number of guanidine groups is 1. The van der Waals surface area contributed by atoms with Crippen LogP contribution in [-0.4, -0.2) is 68.3 Å². The summed E-state index contributed by atoms with van der Waals surface area (Å²) in [5.74, 6) is 0.886. The first-order valence-corrected chi connectivity index (χ1v) is 9.19. The van der Waals surface area contributed by atoms with E-state index >= 15 is 0 Å². The van der Waals surface area contributed by atoms with E-state index in [1.54, 1.807) is 12.0 Å². The van der Waals surface area contributed by atoms with Crippen molar-refractivity contribution >= 4 is 36.0 Å². The highest BCUT2D eigenvalue weighted by atomic mass is 127. The number of carbonyl (C=O) groups excluding carboxylic acids is 1. The molecule has 0 atom stereocenters. The Kier molecular flexibility index (Phi) is 11.1. The first-order valence-electron chi connectivity index (χ1n) is 9.19. The van der Waals surface area contributed by atoms with Crippen LogP contribution >= 0.6 is 24.0 Å². The summed E-state index contributed by atoms with van der Waals surface area (Å²) in [6.45, 7) is 9.13. The van der Waals surface area contributed by atoms with Crippen LogP contribution in [0, 0.1) is 0 Å². The molecule has 0 spiro atoms. The van der Waals surface area contributed by atoms with Crippen molar-refractivity contribution < 1.29 is 14.3 Å². The molecule has 2 rings (SSSR count). The number of hydrogen-bond acceptors (Lipinski definition) is 4. The molecule has 1 fully saturated rings. The molecule has 0 bridgehead atoms. The number of nitrogens with one attached hydrogen (secondary N) is 1. The van der Waals surface area contributed by atoms with Gasteiger partial charge in [-0.25, -0.2) is 9.79 Å². The molecule has 1 aromatic rings. The lowest BCUT2D eigenvalue weighted by Crippen LogP contribution is -2.53. The maximum atomic E-state index is 11.8. The number of methoxy groups -OCH3 is 1. The Morgan fingerprint density at radius 2 is 1.67 bits per heavy atom. The van der Waals surface area contributed by atoms with E-state index in [2.05, 4.69) is 41.4 Å². The monoisotopic (exact) mass is 490 g/mol. The van der Waals surface area contributed by atoms with Gasteiger partial charge in [-0.3, -0.25) is 0 Å². The molecule has 7 nitrogen and oxygen atoms in total. The number of aliphatic imine (C=N–C) groups is 1. The molecule has 1 heterocycles. The summed E-state index contributed by atoms with van der Waals surface area (Å²) in [4.78, 5) is 20.5. The van der Waals surface area contributed by atoms with E-state index in [0.717, 1.165) is 36.7 Å². The number of halogens is 1. The van der Waals surface area contributed by atoms with Gasteiger partial charge in [-0.05, 0) is 25.0 Å². The lowest BCUT2D eigenvalue weighted by atomic mass is 10.1. The van der Waals surface area contributed by atoms with Gasteiger partial charge in [0.15, 0.2) is 5.96 Å². The Morgan fingerprint density at radius 3 is 2.22 bits per heavy atom. The fraction of sp³-hybridized carbons (Fsp3) is 0.579. The van der Waals surface area contributed by atoms with Gasteiger partial charge in [0.2, 0.25) is 0 Å². The summed E-state index contributed by atoms with van der Waals surface area (Å²) >= 11 is 0. The molecule has 0 unspecified atom stereocenters. The third-order valence-corrected chi connectivity index (χ3v) is 4.19. The Labute approximate surface area is 179 Å². The molecule has 1 aromatic carbocycles. The van der Waals surface area contributed by atoms with Gasteiger partial charge < -0.3 is 24.6 Å². The summed E-state index contributed by atoms with van der Waals surface area (Å²) in [5, 5.41) is 3.34. The molecule has 1 saturated heterocycles. The number of amides is 1. The molecular weight excluding hydrogens is 459 g/mol. The van der Waals surface area contributed by atoms with Crippen LogP contribution in [0.25, 0.3) is 0 Å². The van der Waals surface area contributed by atoms with E-state index < -0.39 is 0 Å². The van der Waals surface area contributed by atoms with Gasteiger partial charge in [0.05, 0.1) is 19.8 Å². The maximum Gasteiger partial charge on any atom is 0.409 e. The number of rotatable bonds is 6. The Bertz CT molecular complexity index is 587. The summed E-state index contributed by atoms with van der Waals surface area (Å²) in [5.41, 5.74) is 2.31. The van der Waals surface area contributed by atoms with E-state index in [1.807, 2.05) is 6.92 Å². The minimum Gasteiger partial charge on any atom is -0.450 e. The van der Waals surface area contributed by atoms with Crippen LogP contribution in [0.15, 0.2) is 29.3 Å². The topological polar surface area (TPSA) is 66.4 Å². The number of carbonyl (C=O) groups is 1. The molecule has 27 heavy (non-hydrogen) atoms. The van der Waals surface area contributed by atoms with Crippen molar-refractivity contribution in [3.8, 4) is 0 Å². The predicted molar refractivity (Wildman–Crippen MR) is 118 cm³/mol. The number of ether oxygens (including phenoxy) is 2. The third-order valence-electron chi connectivity index (χ3n) is 4.19. The summed E-state index contributed by atoms with van der Waals surface area (Å²) < 4.78 is 10.2. The van der Waals surface area contributed by atoms with Crippen LogP contribution in [0.1, 0.15) is 25.0 Å². The molecule has 1 amide bonds. The normalized spacial score (nSPS) is 14.6. The van der Waals surface area contributed by atoms with Gasteiger partial charge in [0.25, 0.3) is 0 Å². The number of nitrogens with zero attached hydrogens (tertiary/aromatic N) is 3. The zero-order valence-electron chi connectivity index (χ0n) is 16.4. The molecule has 8 heteroatoms. The Balaban J connectivity index is 0.00000364. The smallest absolute Gasteiger partial charge is 0.409 e. The van der Waals surface area contributed by atoms with Gasteiger partial charge in [0, 0.05) is 39.8 Å². The third kappa shape index (κ3) is 7.53. The molecule has 0 saturated carbocycles. The van der Waals surface area contributed by atoms with Crippen molar-refractivity contribution in [3.63, 3.8) is 0 Å². The van der Waals surface area contributed by atoms with E-state index in [0.29, 0.717) is 32.8 Å². The Hall–Kier alpha value is -1.55. The summed E-state index contributed by atoms with van der Waals surface area (Å²) in [7, 11) is 1.70. The zero-order valence-corrected chi connectivity index (χ0v) is 18.8. The van der Waals surface area contributed by atoms with Crippen LogP contribution in [0.4, 0.5) is 4.79 Å². The van der Waals surface area contributed by atoms with Crippen molar-refractivity contribution in [1.82, 2.24) is 15.1 Å². The van der Waals surface area contributed by atoms with Crippen molar-refractivity contribution in [2.24, 2.45) is 4.99 Å². The maximum absolute atomic E-state index is 11.8. The van der Waals surface area contributed by atoms with Gasteiger partial charge in [-0.1, -0.05) is 24.3 Å². The van der Waals surface area contributed by atoms with E-state index in [9.17, 15) is 4.79 Å². The molecule has 0 aliphatic carbocycles. The number of benzene rings is 1. The second-order valence-electron chi connectivity index (χ2n) is 6.09. The fourth-order valence-corrected chi connectivity index (χ4v) is 2.82. The highest BCUT2D eigenvalue weighted by Crippen LogP contribution is 2.09. The summed E-state index contributed by atoms with van der Waals surface area (Å²) in [6.07, 6.45) is -0.231. The van der Waals surface area contributed by atoms with Crippen molar-refractivity contribution in [1.29, 1.82) is 0 Å². The van der Waals surface area contributed by atoms with Crippen LogP contribution in [-0.2, 0) is 22.6 Å². The summed E-state index contributed by atoms with van der Waals surface area (Å²) in [6, 6.07) is 8.30. The highest BCUT2D eigenvalue weighted by molar-refractivity contribution is 14.0. The average molecular weight is 490 g/mol. The molecule has 1 N–H and O–H groups in total. The van der Waals surface area contributed by atoms with Gasteiger partial charge in [-0.2, -0.15) is 0 Å². The SMILES string of the molecule is CCNC(=NCc1ccc(COC)cc1)N1CCN(C(=O)OCC)CC1.I. The van der Waals surface area contributed by atoms with Crippen LogP contribution < -0.4 is 5.32 Å². The van der Waals surface area contributed by atoms with Crippen molar-refractivity contribution in [3.05, 3.63) is 35.4 Å². The fourth-order valence-electron chi connectivity index (χ4n) is 2.82. The number of piperazine rings is 1. The van der Waals surface area contributed by atoms with Crippen LogP contribution in [0.3, 0.4) is 0 Å². The standard InChI is InChI=1S/C19H30N4O3.HI/c1-4-20-18(21-14-16-6-8-17(9-7-16)15-25-3)22-10-12-23(13-11-22)19(24)26-5-2;/h6-9H,4-5,10-15H2,1-3H3,(H,20,21);1H. The lowest BCUT2D eigenvalue weighted by molar-refractivity contribution is 0.0914. The van der Waals surface area contributed by atoms with Crippen LogP contribution in [0.2, 0.25) is 0 Å². The first kappa shape index (κ1) is 23.5. The molecular formula is C19H31IN4O3. The molecule has 152 valence electrons. The molecule has 1 aliphatic heterocycles. The first-order chi connectivity index (χ1) is 12.7. The largest absolute Gasteiger partial charge is 0.450 e. The lowest BCUT2D eigenvalue weighted by Gasteiger charge is -2.35. The molecule has 0 aromatic heterocycles. The predicted octanol–water partition coefficient (Wildman–Crippen LogP) is 2.69. The zero-order chi connectivity index (χ0) is 18.8. The van der Waals surface area contributed by atoms with E-state index in [-0.39, 0.29) is 30.1 Å². The second-order valence-corrected chi connectivity index (χ2v) is 6.09.